The Kier molecular flexibility index (Phi) is 3.30. The Morgan fingerprint density at radius 1 is 1.55 bits per heavy atom. The molecular formula is C7H6BrClFN. The van der Waals surface area contributed by atoms with Gasteiger partial charge in [0.1, 0.15) is 0 Å². The summed E-state index contributed by atoms with van der Waals surface area (Å²) in [7, 11) is 0. The van der Waals surface area contributed by atoms with E-state index in [4.69, 9.17) is 11.8 Å². The Morgan fingerprint density at radius 2 is 2.27 bits per heavy atom. The van der Waals surface area contributed by atoms with Crippen molar-refractivity contribution < 1.29 is 4.48 Å². The summed E-state index contributed by atoms with van der Waals surface area (Å²) < 4.78 is 13.2. The number of hydrogen-bond acceptors (Lipinski definition) is 1. The minimum Gasteiger partial charge on any atom is -0.117 e. The van der Waals surface area contributed by atoms with E-state index in [2.05, 4.69) is 15.9 Å². The van der Waals surface area contributed by atoms with E-state index in [1.807, 2.05) is 18.2 Å². The van der Waals surface area contributed by atoms with Crippen LogP contribution in [0.1, 0.15) is 5.56 Å². The van der Waals surface area contributed by atoms with Gasteiger partial charge < -0.3 is 0 Å². The quantitative estimate of drug-likeness (QED) is 0.715. The summed E-state index contributed by atoms with van der Waals surface area (Å²) in [6.45, 7) is 0.0982. The Hall–Kier alpha value is -0.120. The van der Waals surface area contributed by atoms with E-state index >= 15 is 0 Å². The lowest BCUT2D eigenvalue weighted by Gasteiger charge is -2.01. The van der Waals surface area contributed by atoms with E-state index in [1.165, 1.54) is 0 Å². The number of halogens is 3. The van der Waals surface area contributed by atoms with Crippen LogP contribution in [0.3, 0.4) is 0 Å². The van der Waals surface area contributed by atoms with Gasteiger partial charge in [0.05, 0.1) is 6.54 Å². The van der Waals surface area contributed by atoms with Crippen LogP contribution >= 0.6 is 27.7 Å². The third-order valence-electron chi connectivity index (χ3n) is 1.19. The number of hydrogen-bond donors (Lipinski definition) is 0. The SMILES string of the molecule is FN(Cl)Cc1cccc(Br)c1. The molecule has 0 aliphatic heterocycles. The van der Waals surface area contributed by atoms with Crippen molar-refractivity contribution in [3.63, 3.8) is 0 Å². The van der Waals surface area contributed by atoms with Gasteiger partial charge in [-0.15, -0.1) is 4.48 Å². The molecule has 11 heavy (non-hydrogen) atoms. The first-order chi connectivity index (χ1) is 5.18. The molecule has 1 nitrogen and oxygen atoms in total. The van der Waals surface area contributed by atoms with Crippen LogP contribution in [-0.2, 0) is 6.54 Å². The van der Waals surface area contributed by atoms with Gasteiger partial charge in [-0.05, 0) is 17.7 Å². The Labute approximate surface area is 77.9 Å². The molecule has 0 unspecified atom stereocenters. The zero-order valence-corrected chi connectivity index (χ0v) is 7.94. The normalized spacial score (nSPS) is 10.5. The molecule has 1 rings (SSSR count). The zero-order valence-electron chi connectivity index (χ0n) is 5.60. The Bertz CT molecular complexity index is 242. The van der Waals surface area contributed by atoms with E-state index in [1.54, 1.807) is 6.07 Å². The van der Waals surface area contributed by atoms with Crippen molar-refractivity contribution >= 4 is 27.7 Å². The summed E-state index contributed by atoms with van der Waals surface area (Å²) in [5.41, 5.74) is 0.830. The average Bonchev–Trinajstić information content (AvgIpc) is 1.85. The first kappa shape index (κ1) is 8.97. The maximum Gasteiger partial charge on any atom is 0.0711 e. The predicted molar refractivity (Wildman–Crippen MR) is 46.6 cm³/mol. The van der Waals surface area contributed by atoms with Crippen LogP contribution in [0.5, 0.6) is 0 Å². The van der Waals surface area contributed by atoms with Gasteiger partial charge in [-0.2, -0.15) is 0 Å². The standard InChI is InChI=1S/C7H6BrClFN/c8-7-3-1-2-6(4-7)5-11(9)10/h1-4H,5H2. The molecule has 0 radical (unpaired) electrons. The summed E-state index contributed by atoms with van der Waals surface area (Å²) >= 11 is 8.28. The lowest BCUT2D eigenvalue weighted by Crippen LogP contribution is -1.98. The van der Waals surface area contributed by atoms with Crippen LogP contribution in [0.2, 0.25) is 0 Å². The van der Waals surface area contributed by atoms with Crippen LogP contribution < -0.4 is 0 Å². The molecule has 0 N–H and O–H groups in total. The van der Waals surface area contributed by atoms with Gasteiger partial charge in [-0.25, -0.2) is 0 Å². The predicted octanol–water partition coefficient (Wildman–Crippen LogP) is 3.29. The van der Waals surface area contributed by atoms with Gasteiger partial charge in [0, 0.05) is 16.2 Å². The van der Waals surface area contributed by atoms with Gasteiger partial charge in [0.2, 0.25) is 0 Å². The molecule has 0 aromatic heterocycles. The molecule has 0 fully saturated rings. The van der Waals surface area contributed by atoms with Crippen LogP contribution in [0, 0.1) is 0 Å². The largest absolute Gasteiger partial charge is 0.117 e. The zero-order chi connectivity index (χ0) is 8.27. The second-order valence-corrected chi connectivity index (χ2v) is 3.37. The molecule has 1 aromatic rings. The number of benzene rings is 1. The number of rotatable bonds is 2. The molecule has 0 bridgehead atoms. The second-order valence-electron chi connectivity index (χ2n) is 2.09. The van der Waals surface area contributed by atoms with Gasteiger partial charge in [0.15, 0.2) is 0 Å². The van der Waals surface area contributed by atoms with Gasteiger partial charge in [-0.3, -0.25) is 0 Å². The molecular weight excluding hydrogens is 232 g/mol. The Balaban J connectivity index is 2.71. The molecule has 0 aliphatic rings. The molecule has 0 saturated heterocycles. The average molecular weight is 238 g/mol. The molecule has 0 heterocycles. The third kappa shape index (κ3) is 3.18. The third-order valence-corrected chi connectivity index (χ3v) is 1.80. The summed E-state index contributed by atoms with van der Waals surface area (Å²) in [6.07, 6.45) is 0. The fraction of sp³-hybridized carbons (Fsp3) is 0.143. The molecule has 0 aliphatic carbocycles. The van der Waals surface area contributed by atoms with E-state index in [0.717, 1.165) is 10.0 Å². The lowest BCUT2D eigenvalue weighted by molar-refractivity contribution is 0.137. The van der Waals surface area contributed by atoms with Crippen LogP contribution in [0.25, 0.3) is 0 Å². The van der Waals surface area contributed by atoms with Crippen molar-refractivity contribution in [1.82, 2.24) is 4.64 Å². The maximum atomic E-state index is 12.1. The van der Waals surface area contributed by atoms with Crippen molar-refractivity contribution in [3.05, 3.63) is 34.3 Å². The lowest BCUT2D eigenvalue weighted by atomic mass is 10.2. The molecule has 60 valence electrons. The van der Waals surface area contributed by atoms with E-state index in [0.29, 0.717) is 0 Å². The molecule has 0 spiro atoms. The number of nitrogens with zero attached hydrogens (tertiary/aromatic N) is 1. The minimum atomic E-state index is 0.0982. The summed E-state index contributed by atoms with van der Waals surface area (Å²) in [5, 5.41) is 0. The van der Waals surface area contributed by atoms with Gasteiger partial charge in [0.25, 0.3) is 0 Å². The summed E-state index contributed by atoms with van der Waals surface area (Å²) in [6, 6.07) is 7.33. The highest BCUT2D eigenvalue weighted by atomic mass is 79.9. The first-order valence-electron chi connectivity index (χ1n) is 3.02. The van der Waals surface area contributed by atoms with Crippen molar-refractivity contribution in [1.29, 1.82) is 0 Å². The fourth-order valence-electron chi connectivity index (χ4n) is 0.773. The molecule has 0 atom stereocenters. The van der Waals surface area contributed by atoms with Crippen molar-refractivity contribution in [2.75, 3.05) is 0 Å². The summed E-state index contributed by atoms with van der Waals surface area (Å²) in [4.78, 5) is 0. The van der Waals surface area contributed by atoms with Crippen LogP contribution in [0.4, 0.5) is 4.48 Å². The van der Waals surface area contributed by atoms with Crippen molar-refractivity contribution in [2.45, 2.75) is 6.54 Å². The van der Waals surface area contributed by atoms with E-state index in [-0.39, 0.29) is 11.2 Å². The molecule has 4 heteroatoms. The van der Waals surface area contributed by atoms with E-state index < -0.39 is 0 Å². The van der Waals surface area contributed by atoms with Crippen molar-refractivity contribution in [2.24, 2.45) is 0 Å². The highest BCUT2D eigenvalue weighted by Crippen LogP contribution is 2.14. The topological polar surface area (TPSA) is 3.24 Å². The molecule has 0 saturated carbocycles. The van der Waals surface area contributed by atoms with Gasteiger partial charge in [-0.1, -0.05) is 32.7 Å². The van der Waals surface area contributed by atoms with Crippen LogP contribution in [0.15, 0.2) is 28.7 Å². The second kappa shape index (κ2) is 4.04. The fourth-order valence-corrected chi connectivity index (χ4v) is 1.36. The van der Waals surface area contributed by atoms with Gasteiger partial charge >= 0.3 is 0 Å². The molecule has 1 aromatic carbocycles. The first-order valence-corrected chi connectivity index (χ1v) is 4.15. The van der Waals surface area contributed by atoms with E-state index in [9.17, 15) is 4.48 Å². The van der Waals surface area contributed by atoms with Crippen LogP contribution in [-0.4, -0.2) is 4.64 Å². The summed E-state index contributed by atoms with van der Waals surface area (Å²) in [5.74, 6) is 0. The maximum absolute atomic E-state index is 12.1. The Morgan fingerprint density at radius 3 is 2.82 bits per heavy atom. The minimum absolute atomic E-state index is 0.0982. The smallest absolute Gasteiger partial charge is 0.0711 e. The highest BCUT2D eigenvalue weighted by Gasteiger charge is 1.99. The van der Waals surface area contributed by atoms with Crippen molar-refractivity contribution in [3.8, 4) is 0 Å². The highest BCUT2D eigenvalue weighted by molar-refractivity contribution is 9.10. The monoisotopic (exact) mass is 237 g/mol. The molecule has 0 amide bonds.